The third kappa shape index (κ3) is 8.21. The summed E-state index contributed by atoms with van der Waals surface area (Å²) in [6, 6.07) is 16.9. The maximum Gasteiger partial charge on any atom is 0.257 e. The van der Waals surface area contributed by atoms with Crippen LogP contribution in [0.1, 0.15) is 42.1 Å². The highest BCUT2D eigenvalue weighted by Crippen LogP contribution is 2.13. The van der Waals surface area contributed by atoms with Crippen molar-refractivity contribution in [1.29, 1.82) is 0 Å². The van der Waals surface area contributed by atoms with Gasteiger partial charge in [0.25, 0.3) is 5.91 Å². The van der Waals surface area contributed by atoms with Crippen molar-refractivity contribution in [3.63, 3.8) is 0 Å². The van der Waals surface area contributed by atoms with E-state index in [0.29, 0.717) is 25.3 Å². The van der Waals surface area contributed by atoms with Crippen molar-refractivity contribution in [1.82, 2.24) is 10.2 Å². The number of amides is 2. The largest absolute Gasteiger partial charge is 0.494 e. The number of benzene rings is 2. The number of primary amides is 1. The van der Waals surface area contributed by atoms with Gasteiger partial charge in [-0.2, -0.15) is 0 Å². The van der Waals surface area contributed by atoms with Crippen molar-refractivity contribution in [3.05, 3.63) is 65.7 Å². The zero-order chi connectivity index (χ0) is 21.8. The van der Waals surface area contributed by atoms with Gasteiger partial charge in [-0.25, -0.2) is 0 Å². The molecule has 0 aromatic heterocycles. The van der Waals surface area contributed by atoms with E-state index in [1.165, 1.54) is 0 Å². The number of nitrogens with one attached hydrogen (secondary N) is 1. The molecule has 0 unspecified atom stereocenters. The predicted octanol–water partition coefficient (Wildman–Crippen LogP) is 3.30. The van der Waals surface area contributed by atoms with Crippen molar-refractivity contribution in [2.24, 2.45) is 5.73 Å². The third-order valence-electron chi connectivity index (χ3n) is 4.53. The van der Waals surface area contributed by atoms with Gasteiger partial charge >= 0.3 is 0 Å². The van der Waals surface area contributed by atoms with E-state index in [2.05, 4.69) is 12.2 Å². The Morgan fingerprint density at radius 1 is 1.07 bits per heavy atom. The summed E-state index contributed by atoms with van der Waals surface area (Å²) in [5, 5.41) is 3.03. The standard InChI is InChI=1S/C23H29N3O3S/c1-2-3-17-29-20-11-9-19(10-12-20)22(28)25-23(30)26(16-14-21(24)27)15-13-18-7-5-4-6-8-18/h4-12H,2-3,13-17H2,1H3,(H2,24,27)(H,25,28,30). The van der Waals surface area contributed by atoms with Gasteiger partial charge < -0.3 is 15.4 Å². The number of unbranched alkanes of at least 4 members (excludes halogenated alkanes) is 1. The van der Waals surface area contributed by atoms with Gasteiger partial charge in [-0.1, -0.05) is 43.7 Å². The lowest BCUT2D eigenvalue weighted by Gasteiger charge is -2.25. The Morgan fingerprint density at radius 3 is 2.40 bits per heavy atom. The average Bonchev–Trinajstić information content (AvgIpc) is 2.75. The molecule has 0 aliphatic heterocycles. The normalized spacial score (nSPS) is 10.3. The molecule has 0 fully saturated rings. The van der Waals surface area contributed by atoms with E-state index >= 15 is 0 Å². The molecule has 2 aromatic carbocycles. The Labute approximate surface area is 183 Å². The fraction of sp³-hybridized carbons (Fsp3) is 0.348. The van der Waals surface area contributed by atoms with Crippen molar-refractivity contribution >= 4 is 29.1 Å². The van der Waals surface area contributed by atoms with Crippen LogP contribution in [-0.2, 0) is 11.2 Å². The summed E-state index contributed by atoms with van der Waals surface area (Å²) in [5.74, 6) is 0.0184. The van der Waals surface area contributed by atoms with Gasteiger partial charge in [0, 0.05) is 25.1 Å². The molecule has 7 heteroatoms. The molecular weight excluding hydrogens is 398 g/mol. The van der Waals surface area contributed by atoms with E-state index in [-0.39, 0.29) is 17.4 Å². The van der Waals surface area contributed by atoms with Gasteiger partial charge in [0.05, 0.1) is 6.61 Å². The summed E-state index contributed by atoms with van der Waals surface area (Å²) in [6.45, 7) is 3.68. The SMILES string of the molecule is CCCCOc1ccc(C(=O)NC(=S)N(CCC(N)=O)CCc2ccccc2)cc1. The first-order valence-electron chi connectivity index (χ1n) is 10.1. The number of hydrogen-bond acceptors (Lipinski definition) is 4. The Bertz CT molecular complexity index is 825. The Kier molecular flexibility index (Phi) is 9.80. The molecule has 0 saturated heterocycles. The molecule has 3 N–H and O–H groups in total. The molecular formula is C23H29N3O3S. The van der Waals surface area contributed by atoms with Crippen LogP contribution < -0.4 is 15.8 Å². The molecule has 0 aliphatic rings. The van der Waals surface area contributed by atoms with Crippen LogP contribution in [-0.4, -0.2) is 41.5 Å². The van der Waals surface area contributed by atoms with Crippen molar-refractivity contribution in [2.75, 3.05) is 19.7 Å². The van der Waals surface area contributed by atoms with Crippen LogP contribution in [0.3, 0.4) is 0 Å². The minimum absolute atomic E-state index is 0.161. The molecule has 2 amide bonds. The number of thiocarbonyl (C=S) groups is 1. The van der Waals surface area contributed by atoms with Crippen molar-refractivity contribution < 1.29 is 14.3 Å². The molecule has 0 radical (unpaired) electrons. The zero-order valence-electron chi connectivity index (χ0n) is 17.3. The second-order valence-corrected chi connectivity index (χ2v) is 7.31. The van der Waals surface area contributed by atoms with Crippen LogP contribution in [0, 0.1) is 0 Å². The summed E-state index contributed by atoms with van der Waals surface area (Å²) in [5.41, 5.74) is 6.92. The van der Waals surface area contributed by atoms with Gasteiger partial charge in [0.1, 0.15) is 5.75 Å². The zero-order valence-corrected chi connectivity index (χ0v) is 18.1. The molecule has 2 aromatic rings. The fourth-order valence-corrected chi connectivity index (χ4v) is 3.03. The first-order valence-corrected chi connectivity index (χ1v) is 10.6. The quantitative estimate of drug-likeness (QED) is 0.425. The Balaban J connectivity index is 1.95. The van der Waals surface area contributed by atoms with Gasteiger partial charge in [-0.05, 0) is 54.9 Å². The van der Waals surface area contributed by atoms with E-state index < -0.39 is 5.91 Å². The molecule has 0 aliphatic carbocycles. The number of nitrogens with zero attached hydrogens (tertiary/aromatic N) is 1. The number of hydrogen-bond donors (Lipinski definition) is 2. The highest BCUT2D eigenvalue weighted by Gasteiger charge is 2.15. The highest BCUT2D eigenvalue weighted by molar-refractivity contribution is 7.80. The molecule has 2 rings (SSSR count). The van der Waals surface area contributed by atoms with Gasteiger partial charge in [-0.15, -0.1) is 0 Å². The highest BCUT2D eigenvalue weighted by atomic mass is 32.1. The molecule has 0 bridgehead atoms. The predicted molar refractivity (Wildman–Crippen MR) is 122 cm³/mol. The molecule has 0 spiro atoms. The molecule has 0 heterocycles. The lowest BCUT2D eigenvalue weighted by molar-refractivity contribution is -0.118. The van der Waals surface area contributed by atoms with Gasteiger partial charge in [-0.3, -0.25) is 14.9 Å². The van der Waals surface area contributed by atoms with Crippen LogP contribution in [0.25, 0.3) is 0 Å². The number of rotatable bonds is 11. The summed E-state index contributed by atoms with van der Waals surface area (Å²) in [4.78, 5) is 25.6. The van der Waals surface area contributed by atoms with Crippen LogP contribution in [0.2, 0.25) is 0 Å². The maximum atomic E-state index is 12.6. The van der Waals surface area contributed by atoms with Crippen LogP contribution in [0.5, 0.6) is 5.75 Å². The average molecular weight is 428 g/mol. The van der Waals surface area contributed by atoms with E-state index in [4.69, 9.17) is 22.7 Å². The van der Waals surface area contributed by atoms with Crippen molar-refractivity contribution in [2.45, 2.75) is 32.6 Å². The minimum atomic E-state index is -0.410. The topological polar surface area (TPSA) is 84.7 Å². The summed E-state index contributed by atoms with van der Waals surface area (Å²) in [7, 11) is 0. The molecule has 6 nitrogen and oxygen atoms in total. The smallest absolute Gasteiger partial charge is 0.257 e. The molecule has 0 saturated carbocycles. The lowest BCUT2D eigenvalue weighted by atomic mass is 10.1. The first kappa shape index (κ1) is 23.3. The van der Waals surface area contributed by atoms with Gasteiger partial charge in [0.15, 0.2) is 5.11 Å². The van der Waals surface area contributed by atoms with Crippen LogP contribution >= 0.6 is 12.2 Å². The second kappa shape index (κ2) is 12.6. The number of nitrogens with two attached hydrogens (primary N) is 1. The number of carbonyl (C=O) groups excluding carboxylic acids is 2. The Hall–Kier alpha value is -2.93. The second-order valence-electron chi connectivity index (χ2n) is 6.92. The first-order chi connectivity index (χ1) is 14.5. The summed E-state index contributed by atoms with van der Waals surface area (Å²) in [6.07, 6.45) is 2.95. The van der Waals surface area contributed by atoms with Crippen LogP contribution in [0.4, 0.5) is 0 Å². The minimum Gasteiger partial charge on any atom is -0.494 e. The maximum absolute atomic E-state index is 12.6. The van der Waals surface area contributed by atoms with Crippen LogP contribution in [0.15, 0.2) is 54.6 Å². The molecule has 30 heavy (non-hydrogen) atoms. The van der Waals surface area contributed by atoms with Crippen molar-refractivity contribution in [3.8, 4) is 5.75 Å². The van der Waals surface area contributed by atoms with E-state index in [9.17, 15) is 9.59 Å². The fourth-order valence-electron chi connectivity index (χ4n) is 2.75. The summed E-state index contributed by atoms with van der Waals surface area (Å²) >= 11 is 5.43. The Morgan fingerprint density at radius 2 is 1.77 bits per heavy atom. The monoisotopic (exact) mass is 427 g/mol. The van der Waals surface area contributed by atoms with E-state index in [1.54, 1.807) is 29.2 Å². The number of ether oxygens (including phenoxy) is 1. The number of carbonyl (C=O) groups is 2. The summed E-state index contributed by atoms with van der Waals surface area (Å²) < 4.78 is 5.62. The third-order valence-corrected chi connectivity index (χ3v) is 4.89. The van der Waals surface area contributed by atoms with E-state index in [1.807, 2.05) is 30.3 Å². The molecule has 160 valence electrons. The molecule has 0 atom stereocenters. The lowest BCUT2D eigenvalue weighted by Crippen LogP contribution is -2.44. The van der Waals surface area contributed by atoms with Gasteiger partial charge in [0.2, 0.25) is 5.91 Å². The van der Waals surface area contributed by atoms with E-state index in [0.717, 1.165) is 30.6 Å².